The number of nitrogens with zero attached hydrogens (tertiary/aromatic N) is 1. The summed E-state index contributed by atoms with van der Waals surface area (Å²) in [5, 5.41) is 14.5. The molecule has 4 nitrogen and oxygen atoms in total. The zero-order valence-corrected chi connectivity index (χ0v) is 13.1. The van der Waals surface area contributed by atoms with Crippen molar-refractivity contribution < 1.29 is 4.92 Å². The Hall–Kier alpha value is -1.59. The second kappa shape index (κ2) is 5.66. The van der Waals surface area contributed by atoms with E-state index in [2.05, 4.69) is 5.32 Å². The molecular formula is C15H15ClN2O2S. The standard InChI is InChI=1S/C15H15ClN2O2S/c1-2-9-3-4-10(7-13(9)18(19)20)17-12-5-6-14-11(12)8-15(16)21-14/h3-4,7-8,12,17H,2,5-6H2,1H3. The number of hydrogen-bond donors (Lipinski definition) is 1. The van der Waals surface area contributed by atoms with Gasteiger partial charge in [0.05, 0.1) is 15.3 Å². The number of hydrogen-bond acceptors (Lipinski definition) is 4. The lowest BCUT2D eigenvalue weighted by Crippen LogP contribution is -2.07. The van der Waals surface area contributed by atoms with E-state index in [1.165, 1.54) is 10.4 Å². The Balaban J connectivity index is 1.86. The van der Waals surface area contributed by atoms with Gasteiger partial charge in [-0.1, -0.05) is 24.6 Å². The lowest BCUT2D eigenvalue weighted by molar-refractivity contribution is -0.385. The molecule has 3 rings (SSSR count). The van der Waals surface area contributed by atoms with Crippen LogP contribution in [0.25, 0.3) is 0 Å². The van der Waals surface area contributed by atoms with Crippen molar-refractivity contribution in [1.29, 1.82) is 0 Å². The highest BCUT2D eigenvalue weighted by Gasteiger charge is 2.25. The maximum atomic E-state index is 11.1. The van der Waals surface area contributed by atoms with E-state index in [-0.39, 0.29) is 16.7 Å². The highest BCUT2D eigenvalue weighted by atomic mass is 35.5. The summed E-state index contributed by atoms with van der Waals surface area (Å²) < 4.78 is 0.804. The van der Waals surface area contributed by atoms with Gasteiger partial charge in [0, 0.05) is 22.2 Å². The van der Waals surface area contributed by atoms with Crippen LogP contribution in [-0.4, -0.2) is 4.92 Å². The van der Waals surface area contributed by atoms with Gasteiger partial charge in [-0.2, -0.15) is 0 Å². The van der Waals surface area contributed by atoms with E-state index in [9.17, 15) is 10.1 Å². The number of halogens is 1. The molecule has 21 heavy (non-hydrogen) atoms. The molecule has 1 N–H and O–H groups in total. The van der Waals surface area contributed by atoms with Gasteiger partial charge in [-0.15, -0.1) is 11.3 Å². The van der Waals surface area contributed by atoms with Crippen molar-refractivity contribution in [3.63, 3.8) is 0 Å². The van der Waals surface area contributed by atoms with E-state index in [1.807, 2.05) is 25.1 Å². The van der Waals surface area contributed by atoms with Gasteiger partial charge in [0.15, 0.2) is 0 Å². The van der Waals surface area contributed by atoms with Crippen LogP contribution in [0.15, 0.2) is 24.3 Å². The third kappa shape index (κ3) is 2.76. The van der Waals surface area contributed by atoms with Crippen LogP contribution in [0.1, 0.15) is 35.4 Å². The molecule has 0 amide bonds. The second-order valence-electron chi connectivity index (χ2n) is 5.12. The molecule has 2 aromatic rings. The first-order valence-corrected chi connectivity index (χ1v) is 8.10. The predicted octanol–water partition coefficient (Wildman–Crippen LogP) is 4.97. The molecule has 0 aliphatic heterocycles. The average molecular weight is 323 g/mol. The van der Waals surface area contributed by atoms with Crippen LogP contribution >= 0.6 is 22.9 Å². The highest BCUT2D eigenvalue weighted by Crippen LogP contribution is 2.41. The third-order valence-corrected chi connectivity index (χ3v) is 5.19. The summed E-state index contributed by atoms with van der Waals surface area (Å²) in [4.78, 5) is 12.1. The summed E-state index contributed by atoms with van der Waals surface area (Å²) >= 11 is 7.68. The molecule has 1 aliphatic rings. The van der Waals surface area contributed by atoms with Gasteiger partial charge in [0.1, 0.15) is 0 Å². The van der Waals surface area contributed by atoms with Gasteiger partial charge in [0.2, 0.25) is 0 Å². The Morgan fingerprint density at radius 1 is 1.48 bits per heavy atom. The van der Waals surface area contributed by atoms with E-state index in [1.54, 1.807) is 17.4 Å². The van der Waals surface area contributed by atoms with Crippen molar-refractivity contribution in [2.45, 2.75) is 32.2 Å². The fourth-order valence-corrected chi connectivity index (χ4v) is 4.16. The van der Waals surface area contributed by atoms with Gasteiger partial charge in [-0.05, 0) is 37.0 Å². The number of anilines is 1. The van der Waals surface area contributed by atoms with Gasteiger partial charge in [-0.25, -0.2) is 0 Å². The molecule has 1 aromatic heterocycles. The third-order valence-electron chi connectivity index (χ3n) is 3.85. The monoisotopic (exact) mass is 322 g/mol. The molecule has 1 unspecified atom stereocenters. The van der Waals surface area contributed by atoms with Gasteiger partial charge in [-0.3, -0.25) is 10.1 Å². The van der Waals surface area contributed by atoms with Crippen LogP contribution in [0.5, 0.6) is 0 Å². The summed E-state index contributed by atoms with van der Waals surface area (Å²) in [6.45, 7) is 1.92. The SMILES string of the molecule is CCc1ccc(NC2CCc3sc(Cl)cc32)cc1[N+](=O)[O-]. The lowest BCUT2D eigenvalue weighted by atomic mass is 10.1. The molecule has 110 valence electrons. The van der Waals surface area contributed by atoms with Crippen molar-refractivity contribution in [2.75, 3.05) is 5.32 Å². The molecule has 0 fully saturated rings. The van der Waals surface area contributed by atoms with Crippen molar-refractivity contribution >= 4 is 34.3 Å². The summed E-state index contributed by atoms with van der Waals surface area (Å²) in [6, 6.07) is 7.57. The van der Waals surface area contributed by atoms with E-state index in [0.29, 0.717) is 6.42 Å². The minimum Gasteiger partial charge on any atom is -0.378 e. The minimum absolute atomic E-state index is 0.184. The van der Waals surface area contributed by atoms with Crippen molar-refractivity contribution in [3.05, 3.63) is 54.7 Å². The maximum Gasteiger partial charge on any atom is 0.274 e. The second-order valence-corrected chi connectivity index (χ2v) is 6.89. The minimum atomic E-state index is -0.314. The number of aryl methyl sites for hydroxylation is 2. The molecule has 0 spiro atoms. The number of thiophene rings is 1. The van der Waals surface area contributed by atoms with Crippen LogP contribution in [0.2, 0.25) is 4.34 Å². The summed E-state index contributed by atoms with van der Waals surface area (Å²) in [7, 11) is 0. The molecule has 0 radical (unpaired) electrons. The summed E-state index contributed by atoms with van der Waals surface area (Å²) in [6.07, 6.45) is 2.67. The number of fused-ring (bicyclic) bond motifs is 1. The van der Waals surface area contributed by atoms with Gasteiger partial charge in [0.25, 0.3) is 5.69 Å². The first-order chi connectivity index (χ1) is 10.1. The first-order valence-electron chi connectivity index (χ1n) is 6.90. The maximum absolute atomic E-state index is 11.1. The smallest absolute Gasteiger partial charge is 0.274 e. The number of nitro benzene ring substituents is 1. The Labute approximate surface area is 131 Å². The Morgan fingerprint density at radius 2 is 2.29 bits per heavy atom. The predicted molar refractivity (Wildman–Crippen MR) is 86.5 cm³/mol. The molecule has 0 saturated carbocycles. The number of nitro groups is 1. The van der Waals surface area contributed by atoms with Gasteiger partial charge >= 0.3 is 0 Å². The average Bonchev–Trinajstić information content (AvgIpc) is 2.99. The zero-order valence-electron chi connectivity index (χ0n) is 11.6. The lowest BCUT2D eigenvalue weighted by Gasteiger charge is -2.15. The Kier molecular flexibility index (Phi) is 3.87. The van der Waals surface area contributed by atoms with Crippen LogP contribution in [0.3, 0.4) is 0 Å². The van der Waals surface area contributed by atoms with Crippen molar-refractivity contribution in [2.24, 2.45) is 0 Å². The molecule has 1 aliphatic carbocycles. The van der Waals surface area contributed by atoms with Gasteiger partial charge < -0.3 is 5.32 Å². The Bertz CT molecular complexity index is 699. The first kappa shape index (κ1) is 14.4. The van der Waals surface area contributed by atoms with E-state index in [0.717, 1.165) is 28.4 Å². The van der Waals surface area contributed by atoms with Crippen molar-refractivity contribution in [1.82, 2.24) is 0 Å². The molecule has 0 saturated heterocycles. The number of nitrogens with one attached hydrogen (secondary N) is 1. The molecule has 1 atom stereocenters. The van der Waals surface area contributed by atoms with E-state index >= 15 is 0 Å². The van der Waals surface area contributed by atoms with Crippen LogP contribution in [0, 0.1) is 10.1 Å². The fourth-order valence-electron chi connectivity index (χ4n) is 2.80. The molecule has 1 aromatic carbocycles. The number of rotatable bonds is 4. The normalized spacial score (nSPS) is 16.8. The van der Waals surface area contributed by atoms with Crippen LogP contribution in [-0.2, 0) is 12.8 Å². The van der Waals surface area contributed by atoms with Crippen LogP contribution < -0.4 is 5.32 Å². The van der Waals surface area contributed by atoms with Crippen LogP contribution in [0.4, 0.5) is 11.4 Å². The molecule has 0 bridgehead atoms. The molecule has 1 heterocycles. The van der Waals surface area contributed by atoms with E-state index in [4.69, 9.17) is 11.6 Å². The largest absolute Gasteiger partial charge is 0.378 e. The Morgan fingerprint density at radius 3 is 3.00 bits per heavy atom. The fraction of sp³-hybridized carbons (Fsp3) is 0.333. The zero-order chi connectivity index (χ0) is 15.0. The number of benzene rings is 1. The van der Waals surface area contributed by atoms with Crippen molar-refractivity contribution in [3.8, 4) is 0 Å². The highest BCUT2D eigenvalue weighted by molar-refractivity contribution is 7.16. The molecule has 6 heteroatoms. The summed E-state index contributed by atoms with van der Waals surface area (Å²) in [5.74, 6) is 0. The topological polar surface area (TPSA) is 55.2 Å². The molecular weight excluding hydrogens is 308 g/mol. The quantitative estimate of drug-likeness (QED) is 0.638. The summed E-state index contributed by atoms with van der Waals surface area (Å²) in [5.41, 5.74) is 2.96. The van der Waals surface area contributed by atoms with E-state index < -0.39 is 0 Å².